The lowest BCUT2D eigenvalue weighted by molar-refractivity contribution is -0.461. The van der Waals surface area contributed by atoms with Crippen molar-refractivity contribution >= 4 is 11.6 Å². The van der Waals surface area contributed by atoms with Gasteiger partial charge in [-0.3, -0.25) is 11.5 Å². The molecular formula is C16H18N3+. The van der Waals surface area contributed by atoms with E-state index in [2.05, 4.69) is 42.5 Å². The van der Waals surface area contributed by atoms with Crippen molar-refractivity contribution < 1.29 is 4.58 Å². The van der Waals surface area contributed by atoms with Gasteiger partial charge in [0.05, 0.1) is 6.54 Å². The SMILES string of the molecule is NC(N)=[N+]1Cc2ccccc2CCc2ccccc21. The maximum atomic E-state index is 5.88. The molecule has 0 unspecified atom stereocenters. The number of rotatable bonds is 0. The lowest BCUT2D eigenvalue weighted by atomic mass is 9.96. The summed E-state index contributed by atoms with van der Waals surface area (Å²) in [5.74, 6) is 0.351. The van der Waals surface area contributed by atoms with Gasteiger partial charge in [-0.05, 0) is 35.6 Å². The lowest BCUT2D eigenvalue weighted by Crippen LogP contribution is -2.34. The Morgan fingerprint density at radius 3 is 2.11 bits per heavy atom. The van der Waals surface area contributed by atoms with Crippen molar-refractivity contribution in [3.8, 4) is 0 Å². The molecule has 1 heterocycles. The second-order valence-corrected chi connectivity index (χ2v) is 4.91. The monoisotopic (exact) mass is 252 g/mol. The average molecular weight is 252 g/mol. The Morgan fingerprint density at radius 2 is 1.37 bits per heavy atom. The van der Waals surface area contributed by atoms with Crippen LogP contribution >= 0.6 is 0 Å². The Balaban J connectivity index is 2.16. The van der Waals surface area contributed by atoms with Gasteiger partial charge in [0, 0.05) is 0 Å². The van der Waals surface area contributed by atoms with Gasteiger partial charge in [-0.15, -0.1) is 0 Å². The minimum absolute atomic E-state index is 0.351. The number of fused-ring (bicyclic) bond motifs is 2. The highest BCUT2D eigenvalue weighted by Crippen LogP contribution is 2.26. The zero-order valence-electron chi connectivity index (χ0n) is 10.8. The van der Waals surface area contributed by atoms with E-state index in [0.717, 1.165) is 25.1 Å². The number of hydrogen-bond acceptors (Lipinski definition) is 0. The van der Waals surface area contributed by atoms with Gasteiger partial charge >= 0.3 is 5.96 Å². The van der Waals surface area contributed by atoms with Gasteiger partial charge in [0.1, 0.15) is 5.69 Å². The van der Waals surface area contributed by atoms with E-state index in [0.29, 0.717) is 5.96 Å². The molecule has 0 aliphatic carbocycles. The van der Waals surface area contributed by atoms with Crippen LogP contribution in [0, 0.1) is 0 Å². The molecule has 0 radical (unpaired) electrons. The van der Waals surface area contributed by atoms with Gasteiger partial charge in [0.2, 0.25) is 0 Å². The third kappa shape index (κ3) is 2.19. The van der Waals surface area contributed by atoms with Crippen LogP contribution in [0.4, 0.5) is 5.69 Å². The maximum absolute atomic E-state index is 5.88. The molecule has 1 aliphatic heterocycles. The van der Waals surface area contributed by atoms with E-state index < -0.39 is 0 Å². The molecule has 0 bridgehead atoms. The summed E-state index contributed by atoms with van der Waals surface area (Å²) in [6, 6.07) is 16.8. The van der Waals surface area contributed by atoms with E-state index >= 15 is 0 Å². The Morgan fingerprint density at radius 1 is 0.789 bits per heavy atom. The second kappa shape index (κ2) is 4.76. The van der Waals surface area contributed by atoms with E-state index in [9.17, 15) is 0 Å². The highest BCUT2D eigenvalue weighted by molar-refractivity contribution is 5.72. The van der Waals surface area contributed by atoms with Gasteiger partial charge in [0.25, 0.3) is 0 Å². The predicted octanol–water partition coefficient (Wildman–Crippen LogP) is 1.90. The van der Waals surface area contributed by atoms with E-state index in [4.69, 9.17) is 11.5 Å². The molecule has 0 aromatic heterocycles. The van der Waals surface area contributed by atoms with Crippen LogP contribution in [0.1, 0.15) is 16.7 Å². The van der Waals surface area contributed by atoms with Crippen molar-refractivity contribution in [3.05, 3.63) is 65.2 Å². The molecule has 0 fully saturated rings. The fourth-order valence-electron chi connectivity index (χ4n) is 2.70. The first-order valence-electron chi connectivity index (χ1n) is 6.56. The van der Waals surface area contributed by atoms with E-state index in [1.54, 1.807) is 0 Å². The van der Waals surface area contributed by atoms with E-state index in [1.807, 2.05) is 10.6 Å². The molecule has 0 spiro atoms. The molecule has 3 nitrogen and oxygen atoms in total. The van der Waals surface area contributed by atoms with Crippen LogP contribution in [0.2, 0.25) is 0 Å². The number of nitrogens with two attached hydrogens (primary N) is 2. The second-order valence-electron chi connectivity index (χ2n) is 4.91. The third-order valence-corrected chi connectivity index (χ3v) is 3.70. The summed E-state index contributed by atoms with van der Waals surface area (Å²) in [5, 5.41) is 0. The molecule has 2 aromatic carbocycles. The molecule has 0 amide bonds. The van der Waals surface area contributed by atoms with Crippen LogP contribution in [-0.2, 0) is 19.4 Å². The van der Waals surface area contributed by atoms with Crippen molar-refractivity contribution in [2.24, 2.45) is 11.5 Å². The molecule has 0 saturated carbocycles. The van der Waals surface area contributed by atoms with Crippen LogP contribution in [0.25, 0.3) is 0 Å². The minimum Gasteiger partial charge on any atom is -0.291 e. The summed E-state index contributed by atoms with van der Waals surface area (Å²) >= 11 is 0. The molecule has 19 heavy (non-hydrogen) atoms. The molecule has 1 aliphatic rings. The van der Waals surface area contributed by atoms with Gasteiger partial charge in [-0.2, -0.15) is 0 Å². The zero-order chi connectivity index (χ0) is 13.2. The van der Waals surface area contributed by atoms with Gasteiger partial charge in [0.15, 0.2) is 0 Å². The highest BCUT2D eigenvalue weighted by atomic mass is 15.1. The number of guanidine groups is 1. The van der Waals surface area contributed by atoms with E-state index in [1.165, 1.54) is 16.7 Å². The fraction of sp³-hybridized carbons (Fsp3) is 0.188. The summed E-state index contributed by atoms with van der Waals surface area (Å²) in [4.78, 5) is 0. The van der Waals surface area contributed by atoms with Gasteiger partial charge in [-0.1, -0.05) is 42.5 Å². The molecular weight excluding hydrogens is 234 g/mol. The number of nitrogens with zero attached hydrogens (tertiary/aromatic N) is 1. The topological polar surface area (TPSA) is 55.0 Å². The number of aryl methyl sites for hydroxylation is 2. The first-order valence-corrected chi connectivity index (χ1v) is 6.56. The molecule has 3 heteroatoms. The van der Waals surface area contributed by atoms with E-state index in [-0.39, 0.29) is 0 Å². The zero-order valence-corrected chi connectivity index (χ0v) is 10.8. The molecule has 96 valence electrons. The van der Waals surface area contributed by atoms with Crippen LogP contribution in [0.3, 0.4) is 0 Å². The smallest absolute Gasteiger partial charge is 0.291 e. The van der Waals surface area contributed by atoms with Crippen LogP contribution < -0.4 is 11.5 Å². The first kappa shape index (κ1) is 11.8. The summed E-state index contributed by atoms with van der Waals surface area (Å²) in [6.07, 6.45) is 2.07. The summed E-state index contributed by atoms with van der Waals surface area (Å²) < 4.78 is 1.99. The Kier molecular flexibility index (Phi) is 2.95. The molecule has 0 atom stereocenters. The molecule has 3 rings (SSSR count). The van der Waals surface area contributed by atoms with Crippen molar-refractivity contribution in [2.45, 2.75) is 19.4 Å². The fourth-order valence-corrected chi connectivity index (χ4v) is 2.70. The van der Waals surface area contributed by atoms with Crippen molar-refractivity contribution in [1.82, 2.24) is 0 Å². The minimum atomic E-state index is 0.351. The summed E-state index contributed by atoms with van der Waals surface area (Å²) in [5.41, 5.74) is 16.9. The van der Waals surface area contributed by atoms with Gasteiger partial charge in [-0.25, -0.2) is 4.58 Å². The van der Waals surface area contributed by atoms with Crippen molar-refractivity contribution in [2.75, 3.05) is 0 Å². The Hall–Kier alpha value is -2.29. The first-order chi connectivity index (χ1) is 9.25. The quantitative estimate of drug-likeness (QED) is 0.556. The number of para-hydroxylation sites is 1. The standard InChI is InChI=1S/C16H17N3/c17-16(18)19-11-14-7-2-1-5-12(14)9-10-13-6-3-4-8-15(13)19/h1-8H,9-11H2,(H3,17,18)/p+1. The summed E-state index contributed by atoms with van der Waals surface area (Å²) in [6.45, 7) is 0.732. The molecule has 4 N–H and O–H groups in total. The lowest BCUT2D eigenvalue weighted by Gasteiger charge is -2.19. The highest BCUT2D eigenvalue weighted by Gasteiger charge is 2.17. The average Bonchev–Trinajstić information content (AvgIpc) is 2.41. The van der Waals surface area contributed by atoms with Crippen molar-refractivity contribution in [1.29, 1.82) is 0 Å². The maximum Gasteiger partial charge on any atom is 0.346 e. The van der Waals surface area contributed by atoms with Crippen molar-refractivity contribution in [3.63, 3.8) is 0 Å². The molecule has 2 aromatic rings. The Bertz CT molecular complexity index is 640. The number of benzene rings is 2. The predicted molar refractivity (Wildman–Crippen MR) is 77.3 cm³/mol. The Labute approximate surface area is 113 Å². The largest absolute Gasteiger partial charge is 0.346 e. The van der Waals surface area contributed by atoms with Gasteiger partial charge < -0.3 is 0 Å². The third-order valence-electron chi connectivity index (χ3n) is 3.70. The molecule has 0 saturated heterocycles. The summed E-state index contributed by atoms with van der Waals surface area (Å²) in [7, 11) is 0. The normalized spacial score (nSPS) is 14.0. The van der Waals surface area contributed by atoms with Crippen LogP contribution in [-0.4, -0.2) is 10.5 Å². The number of hydrogen-bond donors (Lipinski definition) is 2. The van der Waals surface area contributed by atoms with Crippen LogP contribution in [0.5, 0.6) is 0 Å². The van der Waals surface area contributed by atoms with Crippen LogP contribution in [0.15, 0.2) is 48.5 Å².